The van der Waals surface area contributed by atoms with E-state index in [1.807, 2.05) is 27.1 Å². The average Bonchev–Trinajstić information content (AvgIpc) is 3.13. The Balaban J connectivity index is 1.92. The maximum Gasteiger partial charge on any atom is 0.191 e. The highest BCUT2D eigenvalue weighted by Gasteiger charge is 2.33. The molecule has 2 rings (SSSR count). The second kappa shape index (κ2) is 10.5. The quantitative estimate of drug-likeness (QED) is 0.393. The molecule has 0 amide bonds. The number of rotatable bonds is 9. The fourth-order valence-corrected chi connectivity index (χ4v) is 3.98. The summed E-state index contributed by atoms with van der Waals surface area (Å²) >= 11 is 0. The first-order chi connectivity index (χ1) is 13.0. The van der Waals surface area contributed by atoms with Crippen LogP contribution in [0.25, 0.3) is 0 Å². The van der Waals surface area contributed by atoms with E-state index in [4.69, 9.17) is 9.47 Å². The van der Waals surface area contributed by atoms with E-state index in [1.54, 1.807) is 7.11 Å². The predicted octanol–water partition coefficient (Wildman–Crippen LogP) is 3.36. The standard InChI is InChI=1S/C21H36N4O2/c1-6-27-12-11-21(9-7-8-10-21)15-25-20(22-4)24-14-18-17(3)19(26-5)16(2)13-23-18/h13H,6-12,14-15H2,1-5H3,(H2,22,24,25). The predicted molar refractivity (Wildman–Crippen MR) is 110 cm³/mol. The number of aliphatic imine (C=N–C) groups is 1. The van der Waals surface area contributed by atoms with Crippen LogP contribution in [-0.4, -0.2) is 44.9 Å². The number of nitrogens with one attached hydrogen (secondary N) is 2. The molecule has 0 aliphatic heterocycles. The summed E-state index contributed by atoms with van der Waals surface area (Å²) in [5.41, 5.74) is 3.43. The molecule has 1 aromatic heterocycles. The molecule has 0 bridgehead atoms. The van der Waals surface area contributed by atoms with Gasteiger partial charge in [-0.2, -0.15) is 0 Å². The van der Waals surface area contributed by atoms with E-state index >= 15 is 0 Å². The number of guanidine groups is 1. The van der Waals surface area contributed by atoms with E-state index < -0.39 is 0 Å². The van der Waals surface area contributed by atoms with Gasteiger partial charge in [0.25, 0.3) is 0 Å². The maximum atomic E-state index is 5.61. The molecule has 0 unspecified atom stereocenters. The Kier molecular flexibility index (Phi) is 8.35. The Morgan fingerprint density at radius 2 is 2.00 bits per heavy atom. The topological polar surface area (TPSA) is 67.8 Å². The normalized spacial score (nSPS) is 16.4. The minimum atomic E-state index is 0.327. The number of pyridine rings is 1. The van der Waals surface area contributed by atoms with E-state index in [9.17, 15) is 0 Å². The second-order valence-electron chi connectivity index (χ2n) is 7.48. The molecule has 1 aromatic rings. The van der Waals surface area contributed by atoms with Crippen LogP contribution in [0.1, 0.15) is 55.8 Å². The summed E-state index contributed by atoms with van der Waals surface area (Å²) in [5.74, 6) is 1.73. The van der Waals surface area contributed by atoms with Crippen molar-refractivity contribution in [3.05, 3.63) is 23.0 Å². The molecule has 1 fully saturated rings. The summed E-state index contributed by atoms with van der Waals surface area (Å²) in [6.45, 7) is 9.31. The van der Waals surface area contributed by atoms with Crippen molar-refractivity contribution in [2.45, 2.75) is 59.4 Å². The van der Waals surface area contributed by atoms with Gasteiger partial charge in [-0.05, 0) is 45.4 Å². The van der Waals surface area contributed by atoms with Gasteiger partial charge in [-0.15, -0.1) is 0 Å². The van der Waals surface area contributed by atoms with Crippen LogP contribution in [0.15, 0.2) is 11.2 Å². The minimum absolute atomic E-state index is 0.327. The van der Waals surface area contributed by atoms with Crippen LogP contribution >= 0.6 is 0 Å². The van der Waals surface area contributed by atoms with Gasteiger partial charge in [-0.1, -0.05) is 12.8 Å². The number of aromatic nitrogens is 1. The summed E-state index contributed by atoms with van der Waals surface area (Å²) in [7, 11) is 3.52. The van der Waals surface area contributed by atoms with Crippen molar-refractivity contribution >= 4 is 5.96 Å². The van der Waals surface area contributed by atoms with E-state index in [0.29, 0.717) is 12.0 Å². The lowest BCUT2D eigenvalue weighted by molar-refractivity contribution is 0.105. The molecule has 152 valence electrons. The third-order valence-corrected chi connectivity index (χ3v) is 5.67. The van der Waals surface area contributed by atoms with E-state index in [1.165, 1.54) is 25.7 Å². The molecule has 1 aliphatic rings. The second-order valence-corrected chi connectivity index (χ2v) is 7.48. The third kappa shape index (κ3) is 5.83. The van der Waals surface area contributed by atoms with Crippen molar-refractivity contribution < 1.29 is 9.47 Å². The van der Waals surface area contributed by atoms with Crippen LogP contribution in [0.5, 0.6) is 5.75 Å². The van der Waals surface area contributed by atoms with Crippen LogP contribution in [-0.2, 0) is 11.3 Å². The summed E-state index contributed by atoms with van der Waals surface area (Å²) in [6, 6.07) is 0. The molecule has 1 heterocycles. The fraction of sp³-hybridized carbons (Fsp3) is 0.714. The number of methoxy groups -OCH3 is 1. The summed E-state index contributed by atoms with van der Waals surface area (Å²) in [4.78, 5) is 8.94. The van der Waals surface area contributed by atoms with Crippen LogP contribution in [0.3, 0.4) is 0 Å². The third-order valence-electron chi connectivity index (χ3n) is 5.67. The highest BCUT2D eigenvalue weighted by Crippen LogP contribution is 2.40. The number of nitrogens with zero attached hydrogens (tertiary/aromatic N) is 2. The van der Waals surface area contributed by atoms with Gasteiger partial charge in [-0.25, -0.2) is 0 Å². The van der Waals surface area contributed by atoms with Gasteiger partial charge in [0.05, 0.1) is 19.3 Å². The molecule has 27 heavy (non-hydrogen) atoms. The lowest BCUT2D eigenvalue weighted by atomic mass is 9.83. The van der Waals surface area contributed by atoms with Crippen molar-refractivity contribution in [2.24, 2.45) is 10.4 Å². The first-order valence-electron chi connectivity index (χ1n) is 10.1. The molecule has 6 nitrogen and oxygen atoms in total. The number of hydrogen-bond acceptors (Lipinski definition) is 4. The Morgan fingerprint density at radius 3 is 2.63 bits per heavy atom. The van der Waals surface area contributed by atoms with Crippen molar-refractivity contribution in [1.29, 1.82) is 0 Å². The zero-order valence-electron chi connectivity index (χ0n) is 17.7. The number of ether oxygens (including phenoxy) is 2. The van der Waals surface area contributed by atoms with Crippen molar-refractivity contribution in [3.8, 4) is 5.75 Å². The zero-order chi connectivity index (χ0) is 19.7. The van der Waals surface area contributed by atoms with Gasteiger partial charge in [0.1, 0.15) is 5.75 Å². The Hall–Kier alpha value is -1.82. The van der Waals surface area contributed by atoms with Crippen LogP contribution in [0.2, 0.25) is 0 Å². The number of aryl methyl sites for hydroxylation is 1. The van der Waals surface area contributed by atoms with E-state index in [0.717, 1.165) is 54.7 Å². The molecule has 0 atom stereocenters. The largest absolute Gasteiger partial charge is 0.496 e. The van der Waals surface area contributed by atoms with E-state index in [2.05, 4.69) is 27.5 Å². The molecule has 1 aliphatic carbocycles. The van der Waals surface area contributed by atoms with Crippen LogP contribution in [0.4, 0.5) is 0 Å². The Labute approximate surface area is 164 Å². The SMILES string of the molecule is CCOCCC1(CNC(=NC)NCc2ncc(C)c(OC)c2C)CCCC1. The van der Waals surface area contributed by atoms with E-state index in [-0.39, 0.29) is 0 Å². The summed E-state index contributed by atoms with van der Waals surface area (Å²) < 4.78 is 11.1. The zero-order valence-corrected chi connectivity index (χ0v) is 17.7. The van der Waals surface area contributed by atoms with Gasteiger partial charge in [0.2, 0.25) is 0 Å². The molecule has 0 radical (unpaired) electrons. The summed E-state index contributed by atoms with van der Waals surface area (Å²) in [5, 5.41) is 6.93. The minimum Gasteiger partial charge on any atom is -0.496 e. The number of hydrogen-bond donors (Lipinski definition) is 2. The molecule has 0 spiro atoms. The van der Waals surface area contributed by atoms with Gasteiger partial charge in [0.15, 0.2) is 5.96 Å². The van der Waals surface area contributed by atoms with Gasteiger partial charge >= 0.3 is 0 Å². The monoisotopic (exact) mass is 376 g/mol. The first kappa shape index (κ1) is 21.5. The van der Waals surface area contributed by atoms with Crippen LogP contribution in [0, 0.1) is 19.3 Å². The van der Waals surface area contributed by atoms with Gasteiger partial charge < -0.3 is 20.1 Å². The molecular weight excluding hydrogens is 340 g/mol. The maximum absolute atomic E-state index is 5.61. The fourth-order valence-electron chi connectivity index (χ4n) is 3.98. The molecular formula is C21H36N4O2. The molecule has 2 N–H and O–H groups in total. The highest BCUT2D eigenvalue weighted by atomic mass is 16.5. The lowest BCUT2D eigenvalue weighted by Crippen LogP contribution is -2.43. The van der Waals surface area contributed by atoms with Crippen molar-refractivity contribution in [2.75, 3.05) is 33.9 Å². The smallest absolute Gasteiger partial charge is 0.191 e. The molecule has 6 heteroatoms. The van der Waals surface area contributed by atoms with Crippen molar-refractivity contribution in [1.82, 2.24) is 15.6 Å². The van der Waals surface area contributed by atoms with Gasteiger partial charge in [0, 0.05) is 44.1 Å². The Bertz CT molecular complexity index is 625. The highest BCUT2D eigenvalue weighted by molar-refractivity contribution is 5.79. The van der Waals surface area contributed by atoms with Crippen LogP contribution < -0.4 is 15.4 Å². The lowest BCUT2D eigenvalue weighted by Gasteiger charge is -2.30. The molecule has 0 aromatic carbocycles. The summed E-state index contributed by atoms with van der Waals surface area (Å²) in [6.07, 6.45) is 8.12. The van der Waals surface area contributed by atoms with Gasteiger partial charge in [-0.3, -0.25) is 9.98 Å². The average molecular weight is 377 g/mol. The van der Waals surface area contributed by atoms with Crippen molar-refractivity contribution in [3.63, 3.8) is 0 Å². The molecule has 0 saturated heterocycles. The molecule has 1 saturated carbocycles. The Morgan fingerprint density at radius 1 is 1.26 bits per heavy atom. The first-order valence-corrected chi connectivity index (χ1v) is 10.1.